The maximum atomic E-state index is 12.0. The van der Waals surface area contributed by atoms with E-state index < -0.39 is 0 Å². The van der Waals surface area contributed by atoms with Crippen molar-refractivity contribution in [3.05, 3.63) is 11.6 Å². The Balaban J connectivity index is 1.69. The summed E-state index contributed by atoms with van der Waals surface area (Å²) in [5.74, 6) is 2.27. The van der Waals surface area contributed by atoms with E-state index in [2.05, 4.69) is 6.92 Å². The van der Waals surface area contributed by atoms with Crippen LogP contribution in [-0.4, -0.2) is 18.4 Å². The monoisotopic (exact) mass is 330 g/mol. The third-order valence-electron chi connectivity index (χ3n) is 8.00. The standard InChI is InChI=1S/C21H30O3/c1-14(22)24-13-21-11-7-16(23)12-15(21)5-6-17-18-4-3-9-20(18,2)10-8-19(17)21/h12,17-19H,3-11,13H2,1-2H3/t17-,18-,19+,20-,21+/m0/s1. The van der Waals surface area contributed by atoms with Crippen molar-refractivity contribution >= 4 is 11.8 Å². The summed E-state index contributed by atoms with van der Waals surface area (Å²) in [5.41, 5.74) is 1.78. The molecule has 0 unspecified atom stereocenters. The van der Waals surface area contributed by atoms with Gasteiger partial charge in [-0.3, -0.25) is 9.59 Å². The second-order valence-electron chi connectivity index (χ2n) is 9.07. The minimum atomic E-state index is -0.190. The fraction of sp³-hybridized carbons (Fsp3) is 0.810. The van der Waals surface area contributed by atoms with Crippen molar-refractivity contribution in [1.82, 2.24) is 0 Å². The molecular weight excluding hydrogens is 300 g/mol. The number of ether oxygens (including phenoxy) is 1. The van der Waals surface area contributed by atoms with E-state index in [1.165, 1.54) is 51.0 Å². The predicted octanol–water partition coefficient (Wildman–Crippen LogP) is 4.45. The Morgan fingerprint density at radius 1 is 1.17 bits per heavy atom. The highest BCUT2D eigenvalue weighted by molar-refractivity contribution is 5.91. The lowest BCUT2D eigenvalue weighted by atomic mass is 9.47. The third-order valence-corrected chi connectivity index (χ3v) is 8.00. The number of rotatable bonds is 2. The van der Waals surface area contributed by atoms with Gasteiger partial charge >= 0.3 is 5.97 Å². The first-order chi connectivity index (χ1) is 11.4. The lowest BCUT2D eigenvalue weighted by Gasteiger charge is -2.58. The number of hydrogen-bond donors (Lipinski definition) is 0. The number of carbonyl (C=O) groups is 2. The SMILES string of the molecule is CC(=O)OC[C@]12CCC(=O)C=C1CC[C@@H]1[C@H]2CC[C@]2(C)CCC[C@@H]12. The molecule has 4 rings (SSSR count). The Morgan fingerprint density at radius 3 is 2.79 bits per heavy atom. The fourth-order valence-electron chi connectivity index (χ4n) is 6.86. The molecule has 0 heterocycles. The molecule has 3 heteroatoms. The van der Waals surface area contributed by atoms with E-state index in [4.69, 9.17) is 4.74 Å². The molecule has 0 saturated heterocycles. The van der Waals surface area contributed by atoms with Crippen LogP contribution in [-0.2, 0) is 14.3 Å². The average molecular weight is 330 g/mol. The van der Waals surface area contributed by atoms with Crippen LogP contribution in [0.1, 0.15) is 71.6 Å². The van der Waals surface area contributed by atoms with Gasteiger partial charge < -0.3 is 4.74 Å². The molecule has 4 aliphatic carbocycles. The van der Waals surface area contributed by atoms with E-state index in [0.29, 0.717) is 24.4 Å². The van der Waals surface area contributed by atoms with Crippen molar-refractivity contribution in [1.29, 1.82) is 0 Å². The molecule has 132 valence electrons. The van der Waals surface area contributed by atoms with Gasteiger partial charge in [-0.25, -0.2) is 0 Å². The van der Waals surface area contributed by atoms with E-state index in [9.17, 15) is 9.59 Å². The molecule has 0 amide bonds. The highest BCUT2D eigenvalue weighted by Gasteiger charge is 2.58. The summed E-state index contributed by atoms with van der Waals surface area (Å²) >= 11 is 0. The van der Waals surface area contributed by atoms with E-state index in [0.717, 1.165) is 24.7 Å². The van der Waals surface area contributed by atoms with Gasteiger partial charge in [0.05, 0.1) is 0 Å². The Kier molecular flexibility index (Phi) is 3.89. The Hall–Kier alpha value is -1.12. The van der Waals surface area contributed by atoms with Crippen LogP contribution in [0.2, 0.25) is 0 Å². The van der Waals surface area contributed by atoms with Crippen molar-refractivity contribution in [2.45, 2.75) is 71.6 Å². The van der Waals surface area contributed by atoms with Gasteiger partial charge in [0.25, 0.3) is 0 Å². The average Bonchev–Trinajstić information content (AvgIpc) is 2.94. The number of hydrogen-bond acceptors (Lipinski definition) is 3. The molecular formula is C21H30O3. The molecule has 3 nitrogen and oxygen atoms in total. The molecule has 0 aromatic rings. The first-order valence-corrected chi connectivity index (χ1v) is 9.82. The number of carbonyl (C=O) groups excluding carboxylic acids is 2. The molecule has 0 spiro atoms. The van der Waals surface area contributed by atoms with Gasteiger partial charge in [-0.05, 0) is 74.2 Å². The van der Waals surface area contributed by atoms with Crippen LogP contribution in [0.5, 0.6) is 0 Å². The zero-order valence-corrected chi connectivity index (χ0v) is 15.1. The van der Waals surface area contributed by atoms with Crippen molar-refractivity contribution < 1.29 is 14.3 Å². The largest absolute Gasteiger partial charge is 0.465 e. The minimum absolute atomic E-state index is 0.0492. The molecule has 3 fully saturated rings. The summed E-state index contributed by atoms with van der Waals surface area (Å²) in [6.07, 6.45) is 12.4. The summed E-state index contributed by atoms with van der Waals surface area (Å²) in [7, 11) is 0. The van der Waals surface area contributed by atoms with Gasteiger partial charge in [0, 0.05) is 18.8 Å². The molecule has 0 N–H and O–H groups in total. The topological polar surface area (TPSA) is 43.4 Å². The maximum Gasteiger partial charge on any atom is 0.302 e. The Labute approximate surface area is 145 Å². The first kappa shape index (κ1) is 16.4. The lowest BCUT2D eigenvalue weighted by molar-refractivity contribution is -0.149. The smallest absolute Gasteiger partial charge is 0.302 e. The van der Waals surface area contributed by atoms with Crippen LogP contribution >= 0.6 is 0 Å². The van der Waals surface area contributed by atoms with Crippen LogP contribution in [0.25, 0.3) is 0 Å². The van der Waals surface area contributed by atoms with Crippen molar-refractivity contribution in [3.8, 4) is 0 Å². The van der Waals surface area contributed by atoms with Crippen LogP contribution in [0, 0.1) is 28.6 Å². The van der Waals surface area contributed by atoms with Crippen molar-refractivity contribution in [2.24, 2.45) is 28.6 Å². The molecule has 0 radical (unpaired) electrons. The number of fused-ring (bicyclic) bond motifs is 5. The first-order valence-electron chi connectivity index (χ1n) is 9.82. The number of esters is 1. The normalized spacial score (nSPS) is 44.2. The molecule has 0 aromatic heterocycles. The van der Waals surface area contributed by atoms with Crippen molar-refractivity contribution in [2.75, 3.05) is 6.61 Å². The summed E-state index contributed by atoms with van der Waals surface area (Å²) in [6, 6.07) is 0. The fourth-order valence-corrected chi connectivity index (χ4v) is 6.86. The van der Waals surface area contributed by atoms with E-state index >= 15 is 0 Å². The van der Waals surface area contributed by atoms with Gasteiger partial charge in [-0.1, -0.05) is 18.9 Å². The molecule has 0 aromatic carbocycles. The third kappa shape index (κ3) is 2.38. The minimum Gasteiger partial charge on any atom is -0.465 e. The highest BCUT2D eigenvalue weighted by atomic mass is 16.5. The van der Waals surface area contributed by atoms with Crippen LogP contribution in [0.4, 0.5) is 0 Å². The molecule has 0 aliphatic heterocycles. The summed E-state index contributed by atoms with van der Waals surface area (Å²) in [5, 5.41) is 0. The zero-order chi connectivity index (χ0) is 16.9. The summed E-state index contributed by atoms with van der Waals surface area (Å²) < 4.78 is 5.57. The highest BCUT2D eigenvalue weighted by Crippen LogP contribution is 2.65. The second kappa shape index (κ2) is 5.71. The summed E-state index contributed by atoms with van der Waals surface area (Å²) in [6.45, 7) is 4.50. The van der Waals surface area contributed by atoms with Gasteiger partial charge in [-0.2, -0.15) is 0 Å². The van der Waals surface area contributed by atoms with Crippen LogP contribution < -0.4 is 0 Å². The van der Waals surface area contributed by atoms with E-state index in [1.54, 1.807) is 0 Å². The number of ketones is 1. The van der Waals surface area contributed by atoms with Gasteiger partial charge in [-0.15, -0.1) is 0 Å². The van der Waals surface area contributed by atoms with Gasteiger partial charge in [0.1, 0.15) is 6.61 Å². The summed E-state index contributed by atoms with van der Waals surface area (Å²) in [4.78, 5) is 23.5. The van der Waals surface area contributed by atoms with Gasteiger partial charge in [0.15, 0.2) is 5.78 Å². The van der Waals surface area contributed by atoms with Crippen LogP contribution in [0.15, 0.2) is 11.6 Å². The molecule has 24 heavy (non-hydrogen) atoms. The molecule has 5 atom stereocenters. The predicted molar refractivity (Wildman–Crippen MR) is 92.3 cm³/mol. The molecule has 0 bridgehead atoms. The maximum absolute atomic E-state index is 12.0. The lowest BCUT2D eigenvalue weighted by Crippen LogP contribution is -2.52. The van der Waals surface area contributed by atoms with E-state index in [-0.39, 0.29) is 17.2 Å². The van der Waals surface area contributed by atoms with Crippen LogP contribution in [0.3, 0.4) is 0 Å². The zero-order valence-electron chi connectivity index (χ0n) is 15.1. The molecule has 4 aliphatic rings. The second-order valence-corrected chi connectivity index (χ2v) is 9.07. The van der Waals surface area contributed by atoms with Crippen molar-refractivity contribution in [3.63, 3.8) is 0 Å². The molecule has 3 saturated carbocycles. The van der Waals surface area contributed by atoms with E-state index in [1.807, 2.05) is 6.08 Å². The van der Waals surface area contributed by atoms with Gasteiger partial charge in [0.2, 0.25) is 0 Å². The quantitative estimate of drug-likeness (QED) is 0.703. The Morgan fingerprint density at radius 2 is 2.00 bits per heavy atom. The Bertz CT molecular complexity index is 592.